The van der Waals surface area contributed by atoms with Gasteiger partial charge in [-0.25, -0.2) is 0 Å². The van der Waals surface area contributed by atoms with E-state index in [0.717, 1.165) is 16.9 Å². The van der Waals surface area contributed by atoms with E-state index in [1.165, 1.54) is 16.3 Å². The summed E-state index contributed by atoms with van der Waals surface area (Å²) in [6.45, 7) is 4.59. The number of benzene rings is 3. The predicted molar refractivity (Wildman–Crippen MR) is 152 cm³/mol. The number of likely N-dealkylation sites (N-methyl/N-ethyl adjacent to an activating group) is 1. The van der Waals surface area contributed by atoms with Crippen LogP contribution >= 0.6 is 11.3 Å². The number of para-hydroxylation sites is 3. The number of carbonyl (C=O) groups excluding carboxylic acids is 1. The minimum absolute atomic E-state index is 0.157. The molecule has 2 aliphatic rings. The maximum atomic E-state index is 14.1. The summed E-state index contributed by atoms with van der Waals surface area (Å²) in [7, 11) is 0. The van der Waals surface area contributed by atoms with Gasteiger partial charge in [-0.05, 0) is 55.8 Å². The van der Waals surface area contributed by atoms with Gasteiger partial charge in [-0.1, -0.05) is 60.7 Å². The summed E-state index contributed by atoms with van der Waals surface area (Å²) in [6.07, 6.45) is 4.04. The van der Waals surface area contributed by atoms with Gasteiger partial charge in [0.25, 0.3) is 11.5 Å². The third kappa shape index (κ3) is 3.75. The Morgan fingerprint density at radius 2 is 1.46 bits per heavy atom. The van der Waals surface area contributed by atoms with Crippen molar-refractivity contribution in [1.82, 2.24) is 4.57 Å². The molecule has 0 fully saturated rings. The van der Waals surface area contributed by atoms with Crippen molar-refractivity contribution < 1.29 is 4.79 Å². The summed E-state index contributed by atoms with van der Waals surface area (Å²) in [4.78, 5) is 30.0. The van der Waals surface area contributed by atoms with Crippen molar-refractivity contribution in [2.45, 2.75) is 13.8 Å². The minimum Gasteiger partial charge on any atom is -0.340 e. The quantitative estimate of drug-likeness (QED) is 0.422. The highest BCUT2D eigenvalue weighted by Crippen LogP contribution is 2.30. The van der Waals surface area contributed by atoms with Crippen molar-refractivity contribution in [3.05, 3.63) is 116 Å². The molecule has 2 aliphatic heterocycles. The van der Waals surface area contributed by atoms with Gasteiger partial charge in [0.1, 0.15) is 9.20 Å². The van der Waals surface area contributed by atoms with Crippen molar-refractivity contribution in [3.8, 4) is 5.69 Å². The lowest BCUT2D eigenvalue weighted by atomic mass is 10.1. The average molecular weight is 505 g/mol. The van der Waals surface area contributed by atoms with Gasteiger partial charge in [-0.15, -0.1) is 11.3 Å². The number of anilines is 2. The molecule has 3 heterocycles. The number of aromatic nitrogens is 1. The van der Waals surface area contributed by atoms with E-state index < -0.39 is 0 Å². The Labute approximate surface area is 218 Å². The normalized spacial score (nSPS) is 17.8. The fourth-order valence-corrected chi connectivity index (χ4v) is 6.09. The van der Waals surface area contributed by atoms with Gasteiger partial charge in [-0.2, -0.15) is 10.1 Å². The van der Waals surface area contributed by atoms with Crippen LogP contribution in [0.1, 0.15) is 19.4 Å². The van der Waals surface area contributed by atoms with E-state index in [4.69, 9.17) is 0 Å². The molecule has 6 rings (SSSR count). The molecule has 0 atom stereocenters. The number of hydrazone groups is 1. The van der Waals surface area contributed by atoms with E-state index in [2.05, 4.69) is 29.1 Å². The Morgan fingerprint density at radius 1 is 0.811 bits per heavy atom. The highest BCUT2D eigenvalue weighted by atomic mass is 32.1. The maximum Gasteiger partial charge on any atom is 0.283 e. The first-order chi connectivity index (χ1) is 18.1. The van der Waals surface area contributed by atoms with Gasteiger partial charge in [-0.3, -0.25) is 14.2 Å². The zero-order valence-electron chi connectivity index (χ0n) is 20.5. The molecule has 0 aliphatic carbocycles. The second-order valence-electron chi connectivity index (χ2n) is 8.75. The molecule has 0 radical (unpaired) electrons. The van der Waals surface area contributed by atoms with Crippen LogP contribution in [0, 0.1) is 0 Å². The number of carbonyl (C=O) groups is 1. The first kappa shape index (κ1) is 22.9. The molecule has 37 heavy (non-hydrogen) atoms. The summed E-state index contributed by atoms with van der Waals surface area (Å²) < 4.78 is 2.81. The molecule has 0 N–H and O–H groups in total. The smallest absolute Gasteiger partial charge is 0.283 e. The zero-order valence-corrected chi connectivity index (χ0v) is 21.3. The molecule has 1 aromatic heterocycles. The summed E-state index contributed by atoms with van der Waals surface area (Å²) in [5.41, 5.74) is 5.24. The largest absolute Gasteiger partial charge is 0.340 e. The maximum absolute atomic E-state index is 14.1. The Morgan fingerprint density at radius 3 is 2.16 bits per heavy atom. The number of hydrogen-bond acceptors (Lipinski definition) is 5. The van der Waals surface area contributed by atoms with Crippen LogP contribution in [0.3, 0.4) is 0 Å². The highest BCUT2D eigenvalue weighted by molar-refractivity contribution is 7.08. The number of nitrogens with zero attached hydrogens (tertiary/aromatic N) is 4. The molecular weight excluding hydrogens is 480 g/mol. The van der Waals surface area contributed by atoms with Crippen molar-refractivity contribution in [3.63, 3.8) is 0 Å². The van der Waals surface area contributed by atoms with Crippen LogP contribution in [0.25, 0.3) is 23.0 Å². The summed E-state index contributed by atoms with van der Waals surface area (Å²) >= 11 is 1.34. The van der Waals surface area contributed by atoms with Gasteiger partial charge < -0.3 is 4.90 Å². The third-order valence-electron chi connectivity index (χ3n) is 6.53. The highest BCUT2D eigenvalue weighted by Gasteiger charge is 2.32. The zero-order chi connectivity index (χ0) is 25.5. The van der Waals surface area contributed by atoms with Crippen molar-refractivity contribution in [1.29, 1.82) is 0 Å². The van der Waals surface area contributed by atoms with Gasteiger partial charge in [0.05, 0.1) is 28.4 Å². The van der Waals surface area contributed by atoms with Crippen LogP contribution in [-0.2, 0) is 4.79 Å². The third-order valence-corrected chi connectivity index (χ3v) is 7.70. The minimum atomic E-state index is -0.247. The Bertz CT molecular complexity index is 1770. The van der Waals surface area contributed by atoms with Crippen LogP contribution in [0.2, 0.25) is 0 Å². The van der Waals surface area contributed by atoms with E-state index >= 15 is 0 Å². The van der Waals surface area contributed by atoms with E-state index in [1.54, 1.807) is 4.57 Å². The Hall–Kier alpha value is -4.49. The Kier molecular flexibility index (Phi) is 5.70. The van der Waals surface area contributed by atoms with Gasteiger partial charge >= 0.3 is 0 Å². The van der Waals surface area contributed by atoms with Crippen LogP contribution < -0.4 is 24.7 Å². The molecule has 4 aromatic rings. The van der Waals surface area contributed by atoms with Crippen LogP contribution in [0.4, 0.5) is 11.4 Å². The number of rotatable bonds is 3. The van der Waals surface area contributed by atoms with E-state index in [1.807, 2.05) is 91.9 Å². The summed E-state index contributed by atoms with van der Waals surface area (Å²) in [5, 5.41) is 5.98. The molecule has 0 saturated carbocycles. The van der Waals surface area contributed by atoms with Crippen LogP contribution in [0.5, 0.6) is 0 Å². The van der Waals surface area contributed by atoms with Crippen molar-refractivity contribution in [2.75, 3.05) is 16.5 Å². The van der Waals surface area contributed by atoms with E-state index in [0.29, 0.717) is 38.4 Å². The standard InChI is InChI=1S/C30H24N4O2S/c1-3-32-24-17-11-10-12-21(24)18-19-25(32)27-29(36)33(22-13-6-4-7-14-22)30(37-27)26-20(2)31-34(28(26)35)23-15-8-5-9-16-23/h4-19H,3H2,1-2H3. The van der Waals surface area contributed by atoms with Gasteiger partial charge in [0, 0.05) is 12.2 Å². The molecular formula is C30H24N4O2S. The molecule has 1 amide bonds. The fraction of sp³-hybridized carbons (Fsp3) is 0.100. The van der Waals surface area contributed by atoms with Crippen molar-refractivity contribution >= 4 is 51.7 Å². The van der Waals surface area contributed by atoms with Crippen LogP contribution in [-0.4, -0.2) is 22.7 Å². The first-order valence-corrected chi connectivity index (χ1v) is 13.0. The van der Waals surface area contributed by atoms with Gasteiger partial charge in [0.15, 0.2) is 0 Å². The summed E-state index contributed by atoms with van der Waals surface area (Å²) in [6, 6.07) is 27.0. The number of hydrogen-bond donors (Lipinski definition) is 0. The molecule has 0 saturated heterocycles. The molecule has 0 spiro atoms. The predicted octanol–water partition coefficient (Wildman–Crippen LogP) is 4.13. The topological polar surface area (TPSA) is 57.9 Å². The molecule has 0 bridgehead atoms. The first-order valence-electron chi connectivity index (χ1n) is 12.1. The van der Waals surface area contributed by atoms with Crippen LogP contribution in [0.15, 0.2) is 101 Å². The number of amides is 1. The lowest BCUT2D eigenvalue weighted by Crippen LogP contribution is -2.36. The fourth-order valence-electron chi connectivity index (χ4n) is 4.81. The molecule has 6 nitrogen and oxygen atoms in total. The Balaban J connectivity index is 1.66. The lowest BCUT2D eigenvalue weighted by Gasteiger charge is -2.28. The monoisotopic (exact) mass is 504 g/mol. The molecule has 3 aromatic carbocycles. The average Bonchev–Trinajstić information content (AvgIpc) is 3.43. The van der Waals surface area contributed by atoms with Crippen molar-refractivity contribution in [2.24, 2.45) is 5.10 Å². The van der Waals surface area contributed by atoms with E-state index in [9.17, 15) is 9.59 Å². The second-order valence-corrected chi connectivity index (χ2v) is 9.75. The number of thiazole rings is 1. The van der Waals surface area contributed by atoms with E-state index in [-0.39, 0.29) is 11.5 Å². The lowest BCUT2D eigenvalue weighted by molar-refractivity contribution is -0.112. The molecule has 7 heteroatoms. The molecule has 0 unspecified atom stereocenters. The molecule has 182 valence electrons. The SMILES string of the molecule is CCN1C(=c2sc(=C3C(=O)N(c4ccccc4)N=C3C)n(-c3ccccc3)c2=O)C=Cc2ccccc21. The summed E-state index contributed by atoms with van der Waals surface area (Å²) in [5.74, 6) is -0.247. The number of fused-ring (bicyclic) bond motifs is 1. The second kappa shape index (κ2) is 9.19. The van der Waals surface area contributed by atoms with Gasteiger partial charge in [0.2, 0.25) is 0 Å².